The highest BCUT2D eigenvalue weighted by atomic mass is 32.2. The number of esters is 1. The first-order valence-corrected chi connectivity index (χ1v) is 10.5. The quantitative estimate of drug-likeness (QED) is 0.626. The van der Waals surface area contributed by atoms with Crippen molar-refractivity contribution in [1.82, 2.24) is 4.31 Å². The Kier molecular flexibility index (Phi) is 7.74. The van der Waals surface area contributed by atoms with Gasteiger partial charge in [0.25, 0.3) is 5.91 Å². The average Bonchev–Trinajstić information content (AvgIpc) is 2.73. The molecular formula is C20H24N2O6S. The third kappa shape index (κ3) is 5.55. The zero-order chi connectivity index (χ0) is 21.4. The minimum absolute atomic E-state index is 0.0895. The summed E-state index contributed by atoms with van der Waals surface area (Å²) >= 11 is 0. The maximum Gasteiger partial charge on any atom is 0.338 e. The molecule has 0 unspecified atom stereocenters. The van der Waals surface area contributed by atoms with Gasteiger partial charge in [0.1, 0.15) is 5.75 Å². The molecule has 1 N–H and O–H groups in total. The van der Waals surface area contributed by atoms with Crippen LogP contribution in [0.2, 0.25) is 0 Å². The van der Waals surface area contributed by atoms with E-state index < -0.39 is 28.5 Å². The van der Waals surface area contributed by atoms with Crippen LogP contribution in [-0.4, -0.2) is 51.4 Å². The Morgan fingerprint density at radius 1 is 1.00 bits per heavy atom. The second-order valence-corrected chi connectivity index (χ2v) is 7.88. The number of nitrogens with zero attached hydrogens (tertiary/aromatic N) is 1. The van der Waals surface area contributed by atoms with Crippen molar-refractivity contribution in [1.29, 1.82) is 0 Å². The van der Waals surface area contributed by atoms with Gasteiger partial charge in [-0.25, -0.2) is 13.2 Å². The second-order valence-electron chi connectivity index (χ2n) is 5.94. The topological polar surface area (TPSA) is 102 Å². The van der Waals surface area contributed by atoms with E-state index in [0.29, 0.717) is 24.5 Å². The number of ether oxygens (including phenoxy) is 2. The lowest BCUT2D eigenvalue weighted by atomic mass is 10.2. The van der Waals surface area contributed by atoms with Crippen LogP contribution in [0.4, 0.5) is 5.69 Å². The molecule has 0 aliphatic carbocycles. The van der Waals surface area contributed by atoms with Gasteiger partial charge in [0.05, 0.1) is 23.3 Å². The van der Waals surface area contributed by atoms with Crippen LogP contribution >= 0.6 is 0 Å². The molecule has 0 aromatic heterocycles. The smallest absolute Gasteiger partial charge is 0.338 e. The van der Waals surface area contributed by atoms with E-state index in [4.69, 9.17) is 9.47 Å². The molecule has 0 spiro atoms. The summed E-state index contributed by atoms with van der Waals surface area (Å²) in [5.74, 6) is -0.771. The standard InChI is InChI=1S/C20H24N2O6S/c1-4-22(5-2)29(25,26)16-12-10-15(11-13-16)20(24)28-14-19(23)21-17-8-6-7-9-18(17)27-3/h6-13H,4-5,14H2,1-3H3,(H,21,23). The molecule has 8 nitrogen and oxygen atoms in total. The summed E-state index contributed by atoms with van der Waals surface area (Å²) in [6.07, 6.45) is 0. The summed E-state index contributed by atoms with van der Waals surface area (Å²) < 4.78 is 36.4. The van der Waals surface area contributed by atoms with Crippen molar-refractivity contribution >= 4 is 27.6 Å². The van der Waals surface area contributed by atoms with Crippen LogP contribution < -0.4 is 10.1 Å². The number of amides is 1. The lowest BCUT2D eigenvalue weighted by Gasteiger charge is -2.18. The maximum absolute atomic E-state index is 12.5. The van der Waals surface area contributed by atoms with Gasteiger partial charge in [0.2, 0.25) is 10.0 Å². The number of carbonyl (C=O) groups excluding carboxylic acids is 2. The SMILES string of the molecule is CCN(CC)S(=O)(=O)c1ccc(C(=O)OCC(=O)Nc2ccccc2OC)cc1. The predicted molar refractivity (Wildman–Crippen MR) is 108 cm³/mol. The number of hydrogen-bond acceptors (Lipinski definition) is 6. The van der Waals surface area contributed by atoms with Gasteiger partial charge in [0, 0.05) is 13.1 Å². The van der Waals surface area contributed by atoms with Crippen molar-refractivity contribution in [3.8, 4) is 5.75 Å². The number of nitrogens with one attached hydrogen (secondary N) is 1. The van der Waals surface area contributed by atoms with Crippen LogP contribution in [-0.2, 0) is 19.6 Å². The number of rotatable bonds is 9. The van der Waals surface area contributed by atoms with Crippen LogP contribution in [0.5, 0.6) is 5.75 Å². The molecular weight excluding hydrogens is 396 g/mol. The number of anilines is 1. The first-order chi connectivity index (χ1) is 13.8. The summed E-state index contributed by atoms with van der Waals surface area (Å²) in [5, 5.41) is 2.60. The van der Waals surface area contributed by atoms with Crippen molar-refractivity contribution in [2.45, 2.75) is 18.7 Å². The summed E-state index contributed by atoms with van der Waals surface area (Å²) in [4.78, 5) is 24.2. The molecule has 2 rings (SSSR count). The molecule has 0 bridgehead atoms. The zero-order valence-corrected chi connectivity index (χ0v) is 17.4. The van der Waals surface area contributed by atoms with E-state index in [1.54, 1.807) is 38.1 Å². The molecule has 0 atom stereocenters. The lowest BCUT2D eigenvalue weighted by molar-refractivity contribution is -0.119. The first-order valence-electron chi connectivity index (χ1n) is 9.03. The number of sulfonamides is 1. The minimum atomic E-state index is -3.61. The Balaban J connectivity index is 1.98. The predicted octanol–water partition coefficient (Wildman–Crippen LogP) is 2.52. The highest BCUT2D eigenvalue weighted by Gasteiger charge is 2.22. The van der Waals surface area contributed by atoms with E-state index in [9.17, 15) is 18.0 Å². The molecule has 0 fully saturated rings. The molecule has 1 amide bonds. The van der Waals surface area contributed by atoms with Gasteiger partial charge in [-0.1, -0.05) is 26.0 Å². The Labute approximate surface area is 170 Å². The van der Waals surface area contributed by atoms with Gasteiger partial charge < -0.3 is 14.8 Å². The highest BCUT2D eigenvalue weighted by Crippen LogP contribution is 2.23. The molecule has 156 valence electrons. The molecule has 9 heteroatoms. The van der Waals surface area contributed by atoms with E-state index in [1.807, 2.05) is 0 Å². The molecule has 2 aromatic carbocycles. The van der Waals surface area contributed by atoms with Gasteiger partial charge in [-0.05, 0) is 36.4 Å². The highest BCUT2D eigenvalue weighted by molar-refractivity contribution is 7.89. The van der Waals surface area contributed by atoms with E-state index in [1.165, 1.54) is 35.7 Å². The van der Waals surface area contributed by atoms with Crippen LogP contribution in [0.25, 0.3) is 0 Å². The fraction of sp³-hybridized carbons (Fsp3) is 0.300. The number of methoxy groups -OCH3 is 1. The fourth-order valence-corrected chi connectivity index (χ4v) is 4.08. The molecule has 0 radical (unpaired) electrons. The van der Waals surface area contributed by atoms with Crippen molar-refractivity contribution in [3.63, 3.8) is 0 Å². The average molecular weight is 420 g/mol. The molecule has 0 saturated carbocycles. The molecule has 0 heterocycles. The van der Waals surface area contributed by atoms with Crippen LogP contribution in [0.1, 0.15) is 24.2 Å². The van der Waals surface area contributed by atoms with Crippen LogP contribution in [0.15, 0.2) is 53.4 Å². The number of carbonyl (C=O) groups is 2. The monoisotopic (exact) mass is 420 g/mol. The Hall–Kier alpha value is -2.91. The Morgan fingerprint density at radius 2 is 1.62 bits per heavy atom. The molecule has 2 aromatic rings. The van der Waals surface area contributed by atoms with Crippen molar-refractivity contribution < 1.29 is 27.5 Å². The van der Waals surface area contributed by atoms with Crippen molar-refractivity contribution in [2.75, 3.05) is 32.1 Å². The summed E-state index contributed by atoms with van der Waals surface area (Å²) in [5.41, 5.74) is 0.607. The summed E-state index contributed by atoms with van der Waals surface area (Å²) in [6.45, 7) is 3.72. The lowest BCUT2D eigenvalue weighted by Crippen LogP contribution is -2.30. The fourth-order valence-electron chi connectivity index (χ4n) is 2.62. The third-order valence-corrected chi connectivity index (χ3v) is 6.21. The van der Waals surface area contributed by atoms with Crippen molar-refractivity contribution in [2.24, 2.45) is 0 Å². The van der Waals surface area contributed by atoms with Gasteiger partial charge >= 0.3 is 5.97 Å². The second kappa shape index (κ2) is 10.0. The van der Waals surface area contributed by atoms with E-state index in [-0.39, 0.29) is 10.5 Å². The first kappa shape index (κ1) is 22.4. The normalized spacial score (nSPS) is 11.2. The zero-order valence-electron chi connectivity index (χ0n) is 16.5. The molecule has 0 aliphatic heterocycles. The molecule has 0 saturated heterocycles. The van der Waals surface area contributed by atoms with E-state index >= 15 is 0 Å². The minimum Gasteiger partial charge on any atom is -0.495 e. The maximum atomic E-state index is 12.5. The number of para-hydroxylation sites is 2. The Bertz CT molecular complexity index is 953. The summed E-state index contributed by atoms with van der Waals surface area (Å²) in [7, 11) is -2.12. The third-order valence-electron chi connectivity index (χ3n) is 4.15. The van der Waals surface area contributed by atoms with Crippen molar-refractivity contribution in [3.05, 3.63) is 54.1 Å². The largest absolute Gasteiger partial charge is 0.495 e. The van der Waals surface area contributed by atoms with E-state index in [2.05, 4.69) is 5.32 Å². The molecule has 29 heavy (non-hydrogen) atoms. The van der Waals surface area contributed by atoms with Gasteiger partial charge in [-0.3, -0.25) is 4.79 Å². The van der Waals surface area contributed by atoms with Gasteiger partial charge in [0.15, 0.2) is 6.61 Å². The summed E-state index contributed by atoms with van der Waals surface area (Å²) in [6, 6.07) is 12.3. The number of hydrogen-bond donors (Lipinski definition) is 1. The Morgan fingerprint density at radius 3 is 2.21 bits per heavy atom. The van der Waals surface area contributed by atoms with Crippen LogP contribution in [0, 0.1) is 0 Å². The van der Waals surface area contributed by atoms with Gasteiger partial charge in [-0.2, -0.15) is 4.31 Å². The van der Waals surface area contributed by atoms with Gasteiger partial charge in [-0.15, -0.1) is 0 Å². The van der Waals surface area contributed by atoms with Crippen LogP contribution in [0.3, 0.4) is 0 Å². The van der Waals surface area contributed by atoms with E-state index in [0.717, 1.165) is 0 Å². The number of benzene rings is 2. The molecule has 0 aliphatic rings.